The van der Waals surface area contributed by atoms with E-state index in [9.17, 15) is 9.90 Å². The molecule has 1 saturated heterocycles. The van der Waals surface area contributed by atoms with Gasteiger partial charge in [-0.2, -0.15) is 0 Å². The Bertz CT molecular complexity index is 763. The molecule has 3 heterocycles. The molecule has 1 aliphatic heterocycles. The van der Waals surface area contributed by atoms with Crippen molar-refractivity contribution >= 4 is 5.91 Å². The van der Waals surface area contributed by atoms with E-state index in [2.05, 4.69) is 32.2 Å². The van der Waals surface area contributed by atoms with Gasteiger partial charge >= 0.3 is 0 Å². The molecule has 0 aliphatic carbocycles. The molecule has 0 radical (unpaired) electrons. The molecule has 3 N–H and O–H groups in total. The zero-order valence-electron chi connectivity index (χ0n) is 15.6. The molecule has 3 rings (SSSR count). The van der Waals surface area contributed by atoms with Crippen molar-refractivity contribution in [3.05, 3.63) is 46.8 Å². The Hall–Kier alpha value is -2.25. The van der Waals surface area contributed by atoms with Gasteiger partial charge in [-0.15, -0.1) is 0 Å². The topological polar surface area (TPSA) is 94.1 Å². The summed E-state index contributed by atoms with van der Waals surface area (Å²) in [6, 6.07) is 3.68. The second-order valence-corrected chi connectivity index (χ2v) is 7.10. The van der Waals surface area contributed by atoms with Crippen molar-refractivity contribution < 1.29 is 9.90 Å². The summed E-state index contributed by atoms with van der Waals surface area (Å²) in [7, 11) is 2.13. The summed E-state index contributed by atoms with van der Waals surface area (Å²) in [5, 5.41) is 12.5. The zero-order chi connectivity index (χ0) is 18.7. The van der Waals surface area contributed by atoms with E-state index in [0.29, 0.717) is 18.2 Å². The van der Waals surface area contributed by atoms with Gasteiger partial charge < -0.3 is 20.3 Å². The molecule has 7 heteroatoms. The number of piperidine rings is 1. The molecule has 0 saturated carbocycles. The number of carbonyl (C=O) groups excluding carboxylic acids is 1. The smallest absolute Gasteiger partial charge is 0.269 e. The number of amides is 1. The molecular formula is C19H27N5O2. The van der Waals surface area contributed by atoms with E-state index in [4.69, 9.17) is 0 Å². The van der Waals surface area contributed by atoms with Crippen LogP contribution in [0.2, 0.25) is 0 Å². The third-order valence-corrected chi connectivity index (χ3v) is 5.01. The normalized spacial score (nSPS) is 17.2. The fourth-order valence-corrected chi connectivity index (χ4v) is 3.37. The molecule has 26 heavy (non-hydrogen) atoms. The Morgan fingerprint density at radius 2 is 2.15 bits per heavy atom. The summed E-state index contributed by atoms with van der Waals surface area (Å²) in [4.78, 5) is 26.7. The summed E-state index contributed by atoms with van der Waals surface area (Å²) in [6.45, 7) is 6.02. The number of carbonyl (C=O) groups is 1. The standard InChI is InChI=1S/C19H27N5O2/c1-12-16(13(2)25)5-4-15(22-12)10-21-19(26)17-11-20-18(23-17)14-6-8-24(3)9-7-14/h4-5,11,13-14,25H,6-10H2,1-3H3,(H,20,23)(H,21,26). The average molecular weight is 357 g/mol. The van der Waals surface area contributed by atoms with Gasteiger partial charge in [-0.3, -0.25) is 9.78 Å². The number of likely N-dealkylation sites (tertiary alicyclic amines) is 1. The van der Waals surface area contributed by atoms with Gasteiger partial charge in [-0.1, -0.05) is 6.07 Å². The van der Waals surface area contributed by atoms with Crippen LogP contribution in [-0.4, -0.2) is 51.0 Å². The lowest BCUT2D eigenvalue weighted by Gasteiger charge is -2.27. The number of aromatic nitrogens is 3. The summed E-state index contributed by atoms with van der Waals surface area (Å²) in [5.41, 5.74) is 2.82. The first-order chi connectivity index (χ1) is 12.4. The number of aliphatic hydroxyl groups is 1. The van der Waals surface area contributed by atoms with Crippen molar-refractivity contribution in [2.24, 2.45) is 0 Å². The number of aromatic amines is 1. The van der Waals surface area contributed by atoms with Crippen LogP contribution in [0.5, 0.6) is 0 Å². The van der Waals surface area contributed by atoms with Crippen LogP contribution in [0.15, 0.2) is 18.3 Å². The zero-order valence-corrected chi connectivity index (χ0v) is 15.6. The Morgan fingerprint density at radius 1 is 1.42 bits per heavy atom. The molecule has 1 aliphatic rings. The van der Waals surface area contributed by atoms with Crippen LogP contribution < -0.4 is 5.32 Å². The molecule has 1 amide bonds. The minimum Gasteiger partial charge on any atom is -0.389 e. The van der Waals surface area contributed by atoms with Gasteiger partial charge in [-0.05, 0) is 52.9 Å². The number of hydrogen-bond donors (Lipinski definition) is 3. The second kappa shape index (κ2) is 7.97. The Kier molecular flexibility index (Phi) is 5.68. The Morgan fingerprint density at radius 3 is 2.81 bits per heavy atom. The highest BCUT2D eigenvalue weighted by molar-refractivity contribution is 5.92. The van der Waals surface area contributed by atoms with E-state index in [0.717, 1.165) is 48.7 Å². The second-order valence-electron chi connectivity index (χ2n) is 7.10. The van der Waals surface area contributed by atoms with Gasteiger partial charge in [0.15, 0.2) is 0 Å². The van der Waals surface area contributed by atoms with Gasteiger partial charge in [-0.25, -0.2) is 4.98 Å². The average Bonchev–Trinajstić information content (AvgIpc) is 3.10. The van der Waals surface area contributed by atoms with Crippen LogP contribution in [0.1, 0.15) is 65.1 Å². The first-order valence-corrected chi connectivity index (χ1v) is 9.10. The lowest BCUT2D eigenvalue weighted by Crippen LogP contribution is -2.29. The van der Waals surface area contributed by atoms with E-state index in [1.165, 1.54) is 0 Å². The molecule has 0 spiro atoms. The largest absolute Gasteiger partial charge is 0.389 e. The maximum absolute atomic E-state index is 12.4. The van der Waals surface area contributed by atoms with Crippen molar-refractivity contribution in [1.29, 1.82) is 0 Å². The number of imidazole rings is 1. The van der Waals surface area contributed by atoms with Crippen molar-refractivity contribution in [2.45, 2.75) is 45.3 Å². The van der Waals surface area contributed by atoms with Gasteiger partial charge in [0.2, 0.25) is 0 Å². The molecule has 140 valence electrons. The maximum atomic E-state index is 12.4. The number of nitrogens with one attached hydrogen (secondary N) is 2. The van der Waals surface area contributed by atoms with Crippen molar-refractivity contribution in [2.75, 3.05) is 20.1 Å². The summed E-state index contributed by atoms with van der Waals surface area (Å²) >= 11 is 0. The number of H-pyrrole nitrogens is 1. The van der Waals surface area contributed by atoms with Crippen molar-refractivity contribution in [3.63, 3.8) is 0 Å². The minimum absolute atomic E-state index is 0.185. The van der Waals surface area contributed by atoms with E-state index in [-0.39, 0.29) is 5.91 Å². The highest BCUT2D eigenvalue weighted by atomic mass is 16.3. The van der Waals surface area contributed by atoms with Gasteiger partial charge in [0.1, 0.15) is 11.5 Å². The SMILES string of the molecule is Cc1nc(CNC(=O)c2cnc(C3CCN(C)CC3)[nH]2)ccc1C(C)O. The van der Waals surface area contributed by atoms with E-state index >= 15 is 0 Å². The van der Waals surface area contributed by atoms with Crippen LogP contribution >= 0.6 is 0 Å². The van der Waals surface area contributed by atoms with Gasteiger partial charge in [0, 0.05) is 17.2 Å². The van der Waals surface area contributed by atoms with Gasteiger partial charge in [0.05, 0.1) is 24.5 Å². The summed E-state index contributed by atoms with van der Waals surface area (Å²) in [6.07, 6.45) is 3.18. The monoisotopic (exact) mass is 357 g/mol. The molecule has 2 aromatic heterocycles. The van der Waals surface area contributed by atoms with E-state index < -0.39 is 6.10 Å². The Balaban J connectivity index is 1.58. The molecule has 1 unspecified atom stereocenters. The van der Waals surface area contributed by atoms with Gasteiger partial charge in [0.25, 0.3) is 5.91 Å². The third-order valence-electron chi connectivity index (χ3n) is 5.01. The van der Waals surface area contributed by atoms with Crippen LogP contribution in [0.4, 0.5) is 0 Å². The maximum Gasteiger partial charge on any atom is 0.269 e. The third kappa shape index (κ3) is 4.28. The number of aryl methyl sites for hydroxylation is 1. The molecule has 0 bridgehead atoms. The predicted molar refractivity (Wildman–Crippen MR) is 98.8 cm³/mol. The molecular weight excluding hydrogens is 330 g/mol. The lowest BCUT2D eigenvalue weighted by molar-refractivity contribution is 0.0945. The number of rotatable bonds is 5. The first kappa shape index (κ1) is 18.5. The van der Waals surface area contributed by atoms with E-state index in [1.807, 2.05) is 19.1 Å². The highest BCUT2D eigenvalue weighted by Crippen LogP contribution is 2.25. The van der Waals surface area contributed by atoms with E-state index in [1.54, 1.807) is 13.1 Å². The molecule has 2 aromatic rings. The molecule has 1 atom stereocenters. The number of hydrogen-bond acceptors (Lipinski definition) is 5. The lowest BCUT2D eigenvalue weighted by atomic mass is 9.97. The fourth-order valence-electron chi connectivity index (χ4n) is 3.37. The Labute approximate surface area is 153 Å². The van der Waals surface area contributed by atoms with Crippen LogP contribution in [-0.2, 0) is 6.54 Å². The number of nitrogens with zero attached hydrogens (tertiary/aromatic N) is 3. The summed E-state index contributed by atoms with van der Waals surface area (Å²) < 4.78 is 0. The first-order valence-electron chi connectivity index (χ1n) is 9.10. The van der Waals surface area contributed by atoms with Crippen molar-refractivity contribution in [1.82, 2.24) is 25.2 Å². The van der Waals surface area contributed by atoms with Crippen LogP contribution in [0.3, 0.4) is 0 Å². The summed E-state index contributed by atoms with van der Waals surface area (Å²) in [5.74, 6) is 1.11. The molecule has 1 fully saturated rings. The minimum atomic E-state index is -0.547. The van der Waals surface area contributed by atoms with Crippen molar-refractivity contribution in [3.8, 4) is 0 Å². The van der Waals surface area contributed by atoms with Crippen LogP contribution in [0, 0.1) is 6.92 Å². The molecule has 0 aromatic carbocycles. The van der Waals surface area contributed by atoms with Crippen LogP contribution in [0.25, 0.3) is 0 Å². The quantitative estimate of drug-likeness (QED) is 0.760. The number of aliphatic hydroxyl groups excluding tert-OH is 1. The number of pyridine rings is 1. The predicted octanol–water partition coefficient (Wildman–Crippen LogP) is 1.91. The highest BCUT2D eigenvalue weighted by Gasteiger charge is 2.22. The fraction of sp³-hybridized carbons (Fsp3) is 0.526. The molecule has 7 nitrogen and oxygen atoms in total.